The molecule has 0 spiro atoms. The van der Waals surface area contributed by atoms with E-state index in [-0.39, 0.29) is 6.42 Å². The molecule has 1 N–H and O–H groups in total. The van der Waals surface area contributed by atoms with E-state index in [1.165, 1.54) is 6.20 Å². The van der Waals surface area contributed by atoms with Crippen LogP contribution in [0.15, 0.2) is 36.5 Å². The van der Waals surface area contributed by atoms with Gasteiger partial charge in [-0.3, -0.25) is 4.98 Å². The van der Waals surface area contributed by atoms with Crippen molar-refractivity contribution in [3.05, 3.63) is 42.1 Å². The first-order valence-corrected chi connectivity index (χ1v) is 5.53. The Morgan fingerprint density at radius 3 is 2.61 bits per heavy atom. The number of hydrogen-bond acceptors (Lipinski definition) is 2. The average Bonchev–Trinajstić information content (AvgIpc) is 2.27. The van der Waals surface area contributed by atoms with Crippen molar-refractivity contribution >= 4 is 10.9 Å². The van der Waals surface area contributed by atoms with E-state index in [0.717, 1.165) is 5.39 Å². The van der Waals surface area contributed by atoms with Crippen molar-refractivity contribution in [1.29, 1.82) is 0 Å². The number of para-hydroxylation sites is 1. The van der Waals surface area contributed by atoms with E-state index in [4.69, 9.17) is 0 Å². The Hall–Kier alpha value is -1.62. The van der Waals surface area contributed by atoms with E-state index < -0.39 is 18.7 Å². The zero-order valence-corrected chi connectivity index (χ0v) is 9.48. The van der Waals surface area contributed by atoms with Crippen LogP contribution in [-0.4, -0.2) is 22.4 Å². The number of pyridine rings is 1. The van der Waals surface area contributed by atoms with Crippen LogP contribution < -0.4 is 0 Å². The largest absolute Gasteiger partial charge is 0.392 e. The topological polar surface area (TPSA) is 33.1 Å². The molecule has 0 radical (unpaired) electrons. The third kappa shape index (κ3) is 3.20. The fourth-order valence-electron chi connectivity index (χ4n) is 1.93. The van der Waals surface area contributed by atoms with Crippen molar-refractivity contribution in [3.63, 3.8) is 0 Å². The van der Waals surface area contributed by atoms with Gasteiger partial charge in [-0.2, -0.15) is 13.2 Å². The molecule has 0 aliphatic heterocycles. The molecule has 1 aromatic heterocycles. The standard InChI is InChI=1S/C13H12F3NO/c14-13(15,16)8-10(18)7-9-5-6-17-12-4-2-1-3-11(9)12/h1-6,10,18H,7-8H2. The SMILES string of the molecule is OC(Cc1ccnc2ccccc12)CC(F)(F)F. The van der Waals surface area contributed by atoms with Crippen molar-refractivity contribution in [1.82, 2.24) is 4.98 Å². The monoisotopic (exact) mass is 255 g/mol. The molecule has 18 heavy (non-hydrogen) atoms. The Kier molecular flexibility index (Phi) is 3.52. The number of rotatable bonds is 3. The van der Waals surface area contributed by atoms with Gasteiger partial charge in [-0.25, -0.2) is 0 Å². The first-order valence-electron chi connectivity index (χ1n) is 5.53. The predicted octanol–water partition coefficient (Wildman–Crippen LogP) is 3.09. The number of aliphatic hydroxyl groups excluding tert-OH is 1. The van der Waals surface area contributed by atoms with Crippen LogP contribution in [0.3, 0.4) is 0 Å². The Labute approximate surface area is 102 Å². The van der Waals surface area contributed by atoms with Crippen molar-refractivity contribution < 1.29 is 18.3 Å². The molecular weight excluding hydrogens is 243 g/mol. The van der Waals surface area contributed by atoms with Crippen molar-refractivity contribution in [2.45, 2.75) is 25.1 Å². The molecule has 96 valence electrons. The van der Waals surface area contributed by atoms with Crippen LogP contribution in [0.4, 0.5) is 13.2 Å². The second kappa shape index (κ2) is 4.94. The summed E-state index contributed by atoms with van der Waals surface area (Å²) < 4.78 is 36.5. The summed E-state index contributed by atoms with van der Waals surface area (Å²) in [6.45, 7) is 0. The number of hydrogen-bond donors (Lipinski definition) is 1. The number of aliphatic hydroxyl groups is 1. The van der Waals surface area contributed by atoms with E-state index in [0.29, 0.717) is 11.1 Å². The quantitative estimate of drug-likeness (QED) is 0.914. The fourth-order valence-corrected chi connectivity index (χ4v) is 1.93. The van der Waals surface area contributed by atoms with Gasteiger partial charge in [-0.05, 0) is 24.1 Å². The van der Waals surface area contributed by atoms with E-state index in [1.807, 2.05) is 6.07 Å². The number of nitrogens with zero attached hydrogens (tertiary/aromatic N) is 1. The molecule has 0 aliphatic carbocycles. The summed E-state index contributed by atoms with van der Waals surface area (Å²) in [6, 6.07) is 8.82. The normalized spacial score (nSPS) is 13.8. The molecule has 1 unspecified atom stereocenters. The number of benzene rings is 1. The van der Waals surface area contributed by atoms with Gasteiger partial charge in [0.05, 0.1) is 18.0 Å². The van der Waals surface area contributed by atoms with Gasteiger partial charge in [0.25, 0.3) is 0 Å². The maximum Gasteiger partial charge on any atom is 0.391 e. The Balaban J connectivity index is 2.21. The number of fused-ring (bicyclic) bond motifs is 1. The van der Waals surface area contributed by atoms with Crippen LogP contribution >= 0.6 is 0 Å². The molecule has 2 rings (SSSR count). The maximum atomic E-state index is 12.2. The van der Waals surface area contributed by atoms with Crippen LogP contribution in [0.5, 0.6) is 0 Å². The molecule has 0 bridgehead atoms. The Bertz CT molecular complexity index is 534. The third-order valence-corrected chi connectivity index (χ3v) is 2.66. The molecule has 0 saturated carbocycles. The second-order valence-electron chi connectivity index (χ2n) is 4.16. The molecule has 1 aromatic carbocycles. The van der Waals surface area contributed by atoms with E-state index in [1.54, 1.807) is 24.3 Å². The summed E-state index contributed by atoms with van der Waals surface area (Å²) in [5.74, 6) is 0. The van der Waals surface area contributed by atoms with Crippen molar-refractivity contribution in [2.24, 2.45) is 0 Å². The van der Waals surface area contributed by atoms with Gasteiger partial charge in [-0.1, -0.05) is 18.2 Å². The van der Waals surface area contributed by atoms with Crippen LogP contribution in [0.1, 0.15) is 12.0 Å². The van der Waals surface area contributed by atoms with E-state index in [9.17, 15) is 18.3 Å². The smallest absolute Gasteiger partial charge is 0.391 e. The molecule has 2 aromatic rings. The minimum Gasteiger partial charge on any atom is -0.392 e. The minimum absolute atomic E-state index is 0.0253. The molecule has 0 saturated heterocycles. The summed E-state index contributed by atoms with van der Waals surface area (Å²) in [6.07, 6.45) is -5.44. The summed E-state index contributed by atoms with van der Waals surface area (Å²) in [5, 5.41) is 10.2. The third-order valence-electron chi connectivity index (χ3n) is 2.66. The summed E-state index contributed by atoms with van der Waals surface area (Å²) >= 11 is 0. The summed E-state index contributed by atoms with van der Waals surface area (Å²) in [4.78, 5) is 4.12. The molecule has 1 heterocycles. The summed E-state index contributed by atoms with van der Waals surface area (Å²) in [7, 11) is 0. The average molecular weight is 255 g/mol. The zero-order valence-electron chi connectivity index (χ0n) is 9.48. The maximum absolute atomic E-state index is 12.2. The van der Waals surface area contributed by atoms with Crippen LogP contribution in [-0.2, 0) is 6.42 Å². The van der Waals surface area contributed by atoms with Gasteiger partial charge in [-0.15, -0.1) is 0 Å². The molecule has 5 heteroatoms. The van der Waals surface area contributed by atoms with Crippen molar-refractivity contribution in [3.8, 4) is 0 Å². The lowest BCUT2D eigenvalue weighted by Crippen LogP contribution is -2.21. The number of alkyl halides is 3. The van der Waals surface area contributed by atoms with Crippen LogP contribution in [0, 0.1) is 0 Å². The zero-order chi connectivity index (χ0) is 13.2. The number of halogens is 3. The molecule has 2 nitrogen and oxygen atoms in total. The van der Waals surface area contributed by atoms with Gasteiger partial charge in [0.1, 0.15) is 0 Å². The minimum atomic E-state index is -4.34. The highest BCUT2D eigenvalue weighted by atomic mass is 19.4. The Morgan fingerprint density at radius 2 is 1.89 bits per heavy atom. The van der Waals surface area contributed by atoms with Gasteiger partial charge in [0.15, 0.2) is 0 Å². The Morgan fingerprint density at radius 1 is 1.17 bits per heavy atom. The summed E-state index contributed by atoms with van der Waals surface area (Å²) in [5.41, 5.74) is 1.39. The lowest BCUT2D eigenvalue weighted by atomic mass is 10.0. The van der Waals surface area contributed by atoms with Gasteiger partial charge in [0.2, 0.25) is 0 Å². The molecular formula is C13H12F3NO. The highest BCUT2D eigenvalue weighted by molar-refractivity contribution is 5.81. The molecule has 0 aliphatic rings. The molecule has 0 fully saturated rings. The van der Waals surface area contributed by atoms with E-state index >= 15 is 0 Å². The van der Waals surface area contributed by atoms with Gasteiger partial charge < -0.3 is 5.11 Å². The van der Waals surface area contributed by atoms with Gasteiger partial charge in [0, 0.05) is 11.6 Å². The lowest BCUT2D eigenvalue weighted by Gasteiger charge is -2.14. The highest BCUT2D eigenvalue weighted by Gasteiger charge is 2.31. The van der Waals surface area contributed by atoms with E-state index in [2.05, 4.69) is 4.98 Å². The van der Waals surface area contributed by atoms with Crippen LogP contribution in [0.25, 0.3) is 10.9 Å². The lowest BCUT2D eigenvalue weighted by molar-refractivity contribution is -0.153. The predicted molar refractivity (Wildman–Crippen MR) is 62.1 cm³/mol. The number of aromatic nitrogens is 1. The van der Waals surface area contributed by atoms with Crippen molar-refractivity contribution in [2.75, 3.05) is 0 Å². The first kappa shape index (κ1) is 12.8. The molecule has 0 amide bonds. The fraction of sp³-hybridized carbons (Fsp3) is 0.308. The first-order chi connectivity index (χ1) is 8.46. The molecule has 1 atom stereocenters. The van der Waals surface area contributed by atoms with Gasteiger partial charge >= 0.3 is 6.18 Å². The second-order valence-corrected chi connectivity index (χ2v) is 4.16. The van der Waals surface area contributed by atoms with Crippen LogP contribution in [0.2, 0.25) is 0 Å². The highest BCUT2D eigenvalue weighted by Crippen LogP contribution is 2.24.